The van der Waals surface area contributed by atoms with E-state index in [0.29, 0.717) is 19.5 Å². The van der Waals surface area contributed by atoms with Crippen LogP contribution < -0.4 is 10.1 Å². The first kappa shape index (κ1) is 23.4. The van der Waals surface area contributed by atoms with Gasteiger partial charge in [-0.05, 0) is 61.0 Å². The van der Waals surface area contributed by atoms with Crippen molar-refractivity contribution in [2.75, 3.05) is 19.7 Å². The predicted octanol–water partition coefficient (Wildman–Crippen LogP) is 2.24. The third kappa shape index (κ3) is 6.36. The Morgan fingerprint density at radius 1 is 1.03 bits per heavy atom. The highest BCUT2D eigenvalue weighted by atomic mass is 32.2. The second-order valence-electron chi connectivity index (χ2n) is 7.06. The first-order valence-electron chi connectivity index (χ1n) is 9.93. The highest BCUT2D eigenvalue weighted by molar-refractivity contribution is 7.91. The highest BCUT2D eigenvalue weighted by Gasteiger charge is 2.17. The van der Waals surface area contributed by atoms with Crippen molar-refractivity contribution in [1.82, 2.24) is 10.3 Å². The van der Waals surface area contributed by atoms with Crippen LogP contribution in [0.15, 0.2) is 82.8 Å². The molecule has 1 atom stereocenters. The summed E-state index contributed by atoms with van der Waals surface area (Å²) in [6.45, 7) is 0.524. The molecule has 3 aromatic rings. The lowest BCUT2D eigenvalue weighted by atomic mass is 10.1. The van der Waals surface area contributed by atoms with Gasteiger partial charge < -0.3 is 20.3 Å². The van der Waals surface area contributed by atoms with Crippen molar-refractivity contribution in [3.05, 3.63) is 84.2 Å². The number of hydrogen-bond acceptors (Lipinski definition) is 7. The number of aliphatic hydroxyl groups excluding tert-OH is 1. The molecule has 32 heavy (non-hydrogen) atoms. The van der Waals surface area contributed by atoms with Gasteiger partial charge >= 0.3 is 5.97 Å². The quantitative estimate of drug-likeness (QED) is 0.375. The summed E-state index contributed by atoms with van der Waals surface area (Å²) in [4.78, 5) is 14.8. The summed E-state index contributed by atoms with van der Waals surface area (Å²) in [5.74, 6) is -0.829. The minimum Gasteiger partial charge on any atom is -0.482 e. The fourth-order valence-electron chi connectivity index (χ4n) is 2.99. The molecule has 0 spiro atoms. The zero-order valence-corrected chi connectivity index (χ0v) is 18.0. The lowest BCUT2D eigenvalue weighted by Crippen LogP contribution is -2.23. The number of aliphatic hydroxyl groups is 1. The molecule has 0 amide bonds. The zero-order chi connectivity index (χ0) is 23.0. The van der Waals surface area contributed by atoms with Crippen LogP contribution >= 0.6 is 0 Å². The van der Waals surface area contributed by atoms with E-state index < -0.39 is 28.5 Å². The number of aromatic nitrogens is 1. The molecule has 0 saturated heterocycles. The molecule has 3 rings (SSSR count). The number of benzene rings is 2. The van der Waals surface area contributed by atoms with Crippen LogP contribution in [0.4, 0.5) is 0 Å². The van der Waals surface area contributed by atoms with Gasteiger partial charge in [0.2, 0.25) is 9.84 Å². The molecule has 0 aliphatic rings. The lowest BCUT2D eigenvalue weighted by molar-refractivity contribution is -0.139. The monoisotopic (exact) mass is 456 g/mol. The van der Waals surface area contributed by atoms with Crippen LogP contribution in [0.1, 0.15) is 17.2 Å². The first-order valence-corrected chi connectivity index (χ1v) is 11.4. The Morgan fingerprint density at radius 3 is 2.28 bits per heavy atom. The van der Waals surface area contributed by atoms with Crippen molar-refractivity contribution < 1.29 is 28.2 Å². The van der Waals surface area contributed by atoms with Crippen LogP contribution in [0.3, 0.4) is 0 Å². The normalized spacial score (nSPS) is 12.3. The minimum absolute atomic E-state index is 0.0963. The minimum atomic E-state index is -3.70. The van der Waals surface area contributed by atoms with E-state index in [9.17, 15) is 18.3 Å². The first-order chi connectivity index (χ1) is 15.4. The van der Waals surface area contributed by atoms with Gasteiger partial charge in [0.15, 0.2) is 6.61 Å². The fourth-order valence-corrected chi connectivity index (χ4v) is 4.25. The van der Waals surface area contributed by atoms with Gasteiger partial charge in [-0.2, -0.15) is 0 Å². The molecule has 1 aromatic heterocycles. The van der Waals surface area contributed by atoms with E-state index in [4.69, 9.17) is 9.84 Å². The smallest absolute Gasteiger partial charge is 0.341 e. The van der Waals surface area contributed by atoms with Crippen LogP contribution in [-0.4, -0.2) is 49.3 Å². The summed E-state index contributed by atoms with van der Waals surface area (Å²) >= 11 is 0. The molecule has 168 valence electrons. The molecular weight excluding hydrogens is 432 g/mol. The molecule has 8 nitrogen and oxygen atoms in total. The van der Waals surface area contributed by atoms with Crippen molar-refractivity contribution in [2.24, 2.45) is 0 Å². The van der Waals surface area contributed by atoms with Gasteiger partial charge in [-0.15, -0.1) is 0 Å². The number of ether oxygens (including phenoxy) is 1. The van der Waals surface area contributed by atoms with E-state index in [0.717, 1.165) is 11.1 Å². The molecule has 3 N–H and O–H groups in total. The van der Waals surface area contributed by atoms with Gasteiger partial charge in [-0.1, -0.05) is 18.2 Å². The van der Waals surface area contributed by atoms with Crippen molar-refractivity contribution >= 4 is 15.8 Å². The number of carboxylic acids is 1. The van der Waals surface area contributed by atoms with Gasteiger partial charge in [-0.3, -0.25) is 4.98 Å². The zero-order valence-electron chi connectivity index (χ0n) is 17.2. The molecule has 0 saturated carbocycles. The molecule has 2 aromatic carbocycles. The average molecular weight is 457 g/mol. The topological polar surface area (TPSA) is 126 Å². The summed E-state index contributed by atoms with van der Waals surface area (Å²) < 4.78 is 30.6. The fraction of sp³-hybridized carbons (Fsp3) is 0.217. The van der Waals surface area contributed by atoms with Crippen LogP contribution in [0.2, 0.25) is 0 Å². The van der Waals surface area contributed by atoms with Gasteiger partial charge in [0.05, 0.1) is 15.9 Å². The van der Waals surface area contributed by atoms with Crippen LogP contribution in [0, 0.1) is 0 Å². The largest absolute Gasteiger partial charge is 0.482 e. The lowest BCUT2D eigenvalue weighted by Gasteiger charge is -2.12. The predicted molar refractivity (Wildman–Crippen MR) is 117 cm³/mol. The number of sulfone groups is 1. The summed E-state index contributed by atoms with van der Waals surface area (Å²) in [6, 6.07) is 15.9. The van der Waals surface area contributed by atoms with E-state index in [1.165, 1.54) is 24.3 Å². The SMILES string of the molecule is O=C(O)COc1ccc(S(=O)(=O)c2ccc(CCNC[C@H](O)c3cccnc3)cc2)cc1. The number of pyridine rings is 1. The number of carboxylic acid groups (broad SMARTS) is 1. The van der Waals surface area contributed by atoms with E-state index in [-0.39, 0.29) is 15.5 Å². The second kappa shape index (κ2) is 10.9. The van der Waals surface area contributed by atoms with Gasteiger partial charge in [-0.25, -0.2) is 13.2 Å². The van der Waals surface area contributed by atoms with E-state index >= 15 is 0 Å². The van der Waals surface area contributed by atoms with Gasteiger partial charge in [0, 0.05) is 24.5 Å². The molecule has 0 aliphatic carbocycles. The molecule has 0 aliphatic heterocycles. The number of hydrogen-bond donors (Lipinski definition) is 3. The second-order valence-corrected chi connectivity index (χ2v) is 9.01. The summed E-state index contributed by atoms with van der Waals surface area (Å²) in [7, 11) is -3.70. The Kier molecular flexibility index (Phi) is 7.93. The molecule has 0 bridgehead atoms. The number of aliphatic carboxylic acids is 1. The number of rotatable bonds is 11. The van der Waals surface area contributed by atoms with Crippen molar-refractivity contribution in [1.29, 1.82) is 0 Å². The third-order valence-corrected chi connectivity index (χ3v) is 6.51. The van der Waals surface area contributed by atoms with Gasteiger partial charge in [0.1, 0.15) is 5.75 Å². The van der Waals surface area contributed by atoms with E-state index in [1.807, 2.05) is 6.07 Å². The van der Waals surface area contributed by atoms with E-state index in [2.05, 4.69) is 10.3 Å². The van der Waals surface area contributed by atoms with Crippen molar-refractivity contribution in [2.45, 2.75) is 22.3 Å². The summed E-state index contributed by atoms with van der Waals surface area (Å²) in [5.41, 5.74) is 1.71. The molecule has 0 radical (unpaired) electrons. The molecule has 0 unspecified atom stereocenters. The maximum absolute atomic E-state index is 12.8. The molecule has 9 heteroatoms. The Labute approximate surface area is 186 Å². The molecule has 0 fully saturated rings. The maximum Gasteiger partial charge on any atom is 0.341 e. The number of carbonyl (C=O) groups is 1. The Bertz CT molecular complexity index is 1120. The number of nitrogens with zero attached hydrogens (tertiary/aromatic N) is 1. The van der Waals surface area contributed by atoms with Gasteiger partial charge in [0.25, 0.3) is 0 Å². The maximum atomic E-state index is 12.8. The van der Waals surface area contributed by atoms with Crippen molar-refractivity contribution in [3.63, 3.8) is 0 Å². The standard InChI is InChI=1S/C23H24N2O6S/c26-22(18-2-1-12-24-14-18)15-25-13-11-17-3-7-20(8-4-17)32(29,30)21-9-5-19(6-10-21)31-16-23(27)28/h1-10,12,14,22,25-26H,11,13,15-16H2,(H,27,28)/t22-/m0/s1. The Balaban J connectivity index is 1.53. The Morgan fingerprint density at radius 2 is 1.69 bits per heavy atom. The summed E-state index contributed by atoms with van der Waals surface area (Å²) in [6.07, 6.45) is 3.31. The van der Waals surface area contributed by atoms with Crippen LogP contribution in [0.5, 0.6) is 5.75 Å². The van der Waals surface area contributed by atoms with Crippen molar-refractivity contribution in [3.8, 4) is 5.75 Å². The highest BCUT2D eigenvalue weighted by Crippen LogP contribution is 2.23. The van der Waals surface area contributed by atoms with Crippen LogP contribution in [0.25, 0.3) is 0 Å². The Hall–Kier alpha value is -3.27. The number of nitrogens with one attached hydrogen (secondary N) is 1. The van der Waals surface area contributed by atoms with E-state index in [1.54, 1.807) is 42.7 Å². The third-order valence-electron chi connectivity index (χ3n) is 4.73. The average Bonchev–Trinajstić information content (AvgIpc) is 2.81. The summed E-state index contributed by atoms with van der Waals surface area (Å²) in [5, 5.41) is 21.9. The molecule has 1 heterocycles. The van der Waals surface area contributed by atoms with Crippen LogP contribution in [-0.2, 0) is 21.1 Å². The molecular formula is C23H24N2O6S.